The summed E-state index contributed by atoms with van der Waals surface area (Å²) >= 11 is 0. The first-order valence-electron chi connectivity index (χ1n) is 7.72. The van der Waals surface area contributed by atoms with Crippen LogP contribution in [-0.2, 0) is 21.2 Å². The first-order chi connectivity index (χ1) is 11.3. The normalized spacial score (nSPS) is 19.7. The van der Waals surface area contributed by atoms with E-state index >= 15 is 0 Å². The monoisotopic (exact) mass is 353 g/mol. The predicted molar refractivity (Wildman–Crippen MR) is 87.6 cm³/mol. The minimum absolute atomic E-state index is 0.0142. The van der Waals surface area contributed by atoms with Crippen LogP contribution in [-0.4, -0.2) is 41.4 Å². The molecule has 0 spiro atoms. The number of rotatable bonds is 4. The molecular weight excluding hydrogens is 334 g/mol. The molecule has 0 aliphatic carbocycles. The van der Waals surface area contributed by atoms with Gasteiger partial charge in [0.1, 0.15) is 17.5 Å². The van der Waals surface area contributed by atoms with Crippen molar-refractivity contribution in [2.75, 3.05) is 11.5 Å². The third-order valence-corrected chi connectivity index (χ3v) is 6.10. The fourth-order valence-electron chi connectivity index (χ4n) is 2.86. The number of sulfone groups is 1. The quantitative estimate of drug-likeness (QED) is 0.846. The molecule has 2 aromatic rings. The molecule has 1 atom stereocenters. The first-order valence-corrected chi connectivity index (χ1v) is 9.54. The second-order valence-corrected chi connectivity index (χ2v) is 8.35. The predicted octanol–water partition coefficient (Wildman–Crippen LogP) is 0.300. The Balaban J connectivity index is 1.67. The third-order valence-electron chi connectivity index (χ3n) is 4.33. The van der Waals surface area contributed by atoms with Crippen LogP contribution in [0.2, 0.25) is 0 Å². The lowest BCUT2D eigenvalue weighted by molar-refractivity contribution is -0.121. The van der Waals surface area contributed by atoms with Gasteiger partial charge in [-0.1, -0.05) is 0 Å². The van der Waals surface area contributed by atoms with Gasteiger partial charge in [0.05, 0.1) is 11.5 Å². The maximum absolute atomic E-state index is 12.5. The van der Waals surface area contributed by atoms with Gasteiger partial charge in [0.15, 0.2) is 9.84 Å². The Bertz CT molecular complexity index is 957. The van der Waals surface area contributed by atoms with Gasteiger partial charge in [-0.25, -0.2) is 13.4 Å². The van der Waals surface area contributed by atoms with Gasteiger partial charge in [-0.15, -0.1) is 0 Å². The number of aryl methyl sites for hydroxylation is 3. The summed E-state index contributed by atoms with van der Waals surface area (Å²) in [6, 6.07) is -0.335. The minimum atomic E-state index is -3.03. The molecule has 0 saturated carbocycles. The van der Waals surface area contributed by atoms with Crippen LogP contribution < -0.4 is 10.9 Å². The molecule has 8 nitrogen and oxygen atoms in total. The van der Waals surface area contributed by atoms with Gasteiger partial charge >= 0.3 is 0 Å². The Morgan fingerprint density at radius 1 is 1.46 bits per heavy atom. The van der Waals surface area contributed by atoms with Gasteiger partial charge in [0, 0.05) is 24.6 Å². The van der Waals surface area contributed by atoms with Crippen molar-refractivity contribution in [1.82, 2.24) is 14.9 Å². The summed E-state index contributed by atoms with van der Waals surface area (Å²) in [5.74, 6) is 0.466. The lowest BCUT2D eigenvalue weighted by Gasteiger charge is -2.11. The Morgan fingerprint density at radius 2 is 2.21 bits per heavy atom. The topological polar surface area (TPSA) is 111 Å². The Kier molecular flexibility index (Phi) is 4.20. The van der Waals surface area contributed by atoms with Gasteiger partial charge < -0.3 is 9.73 Å². The third kappa shape index (κ3) is 3.21. The fraction of sp³-hybridized carbons (Fsp3) is 0.533. The van der Waals surface area contributed by atoms with Crippen LogP contribution >= 0.6 is 0 Å². The van der Waals surface area contributed by atoms with E-state index in [9.17, 15) is 18.0 Å². The van der Waals surface area contributed by atoms with Crippen LogP contribution in [0, 0.1) is 13.8 Å². The van der Waals surface area contributed by atoms with Crippen molar-refractivity contribution in [2.24, 2.45) is 0 Å². The number of fused-ring (bicyclic) bond motifs is 1. The molecule has 0 bridgehead atoms. The standard InChI is InChI=1S/C15H19N3O5S/c1-9-10(2)23-14-13(9)15(20)18(8-16-14)5-3-12(19)17-11-4-6-24(21,22)7-11/h8,11H,3-7H2,1-2H3,(H,17,19). The molecule has 1 unspecified atom stereocenters. The summed E-state index contributed by atoms with van der Waals surface area (Å²) in [6.45, 7) is 3.74. The number of amides is 1. The van der Waals surface area contributed by atoms with E-state index in [1.165, 1.54) is 10.9 Å². The van der Waals surface area contributed by atoms with Crippen molar-refractivity contribution in [3.8, 4) is 0 Å². The molecule has 1 aliphatic rings. The Hall–Kier alpha value is -2.16. The molecule has 1 fully saturated rings. The number of hydrogen-bond acceptors (Lipinski definition) is 6. The maximum atomic E-state index is 12.5. The molecule has 3 heterocycles. The molecule has 1 saturated heterocycles. The molecule has 3 rings (SSSR count). The van der Waals surface area contributed by atoms with Crippen molar-refractivity contribution in [3.63, 3.8) is 0 Å². The summed E-state index contributed by atoms with van der Waals surface area (Å²) < 4.78 is 29.6. The fourth-order valence-corrected chi connectivity index (χ4v) is 4.53. The first kappa shape index (κ1) is 16.7. The van der Waals surface area contributed by atoms with Gasteiger partial charge in [-0.2, -0.15) is 0 Å². The van der Waals surface area contributed by atoms with Gasteiger partial charge in [-0.05, 0) is 20.3 Å². The highest BCUT2D eigenvalue weighted by atomic mass is 32.2. The number of nitrogens with zero attached hydrogens (tertiary/aromatic N) is 2. The van der Waals surface area contributed by atoms with Crippen LogP contribution in [0.15, 0.2) is 15.5 Å². The Labute approximate surface area is 138 Å². The zero-order valence-corrected chi connectivity index (χ0v) is 14.4. The van der Waals surface area contributed by atoms with Crippen molar-refractivity contribution >= 4 is 26.8 Å². The molecule has 9 heteroatoms. The zero-order valence-electron chi connectivity index (χ0n) is 13.5. The van der Waals surface area contributed by atoms with E-state index in [4.69, 9.17) is 4.42 Å². The second kappa shape index (κ2) is 6.04. The zero-order chi connectivity index (χ0) is 17.5. The van der Waals surface area contributed by atoms with Crippen LogP contribution in [0.1, 0.15) is 24.2 Å². The lowest BCUT2D eigenvalue weighted by Crippen LogP contribution is -2.36. The molecule has 24 heavy (non-hydrogen) atoms. The molecule has 1 amide bonds. The van der Waals surface area contributed by atoms with Crippen molar-refractivity contribution in [2.45, 2.75) is 39.3 Å². The smallest absolute Gasteiger partial charge is 0.264 e. The van der Waals surface area contributed by atoms with E-state index in [1.54, 1.807) is 13.8 Å². The van der Waals surface area contributed by atoms with E-state index in [1.807, 2.05) is 0 Å². The highest BCUT2D eigenvalue weighted by Crippen LogP contribution is 2.19. The average molecular weight is 353 g/mol. The number of carbonyl (C=O) groups is 1. The molecule has 0 radical (unpaired) electrons. The molecule has 2 aromatic heterocycles. The summed E-state index contributed by atoms with van der Waals surface area (Å²) in [6.07, 6.45) is 1.88. The highest BCUT2D eigenvalue weighted by molar-refractivity contribution is 7.91. The van der Waals surface area contributed by atoms with Crippen LogP contribution in [0.4, 0.5) is 0 Å². The average Bonchev–Trinajstić information content (AvgIpc) is 2.98. The van der Waals surface area contributed by atoms with Crippen LogP contribution in [0.3, 0.4) is 0 Å². The molecule has 0 aromatic carbocycles. The number of furan rings is 1. The molecule has 1 aliphatic heterocycles. The van der Waals surface area contributed by atoms with Gasteiger partial charge in [0.25, 0.3) is 5.56 Å². The number of hydrogen-bond donors (Lipinski definition) is 1. The van der Waals surface area contributed by atoms with E-state index < -0.39 is 9.84 Å². The van der Waals surface area contributed by atoms with Crippen LogP contribution in [0.25, 0.3) is 11.1 Å². The van der Waals surface area contributed by atoms with Crippen molar-refractivity contribution in [1.29, 1.82) is 0 Å². The van der Waals surface area contributed by atoms with Gasteiger partial charge in [-0.3, -0.25) is 14.2 Å². The van der Waals surface area contributed by atoms with E-state index in [2.05, 4.69) is 10.3 Å². The van der Waals surface area contributed by atoms with Crippen molar-refractivity contribution < 1.29 is 17.6 Å². The Morgan fingerprint density at radius 3 is 2.88 bits per heavy atom. The number of aromatic nitrogens is 2. The van der Waals surface area contributed by atoms with E-state index in [0.717, 1.165) is 5.56 Å². The number of carbonyl (C=O) groups excluding carboxylic acids is 1. The lowest BCUT2D eigenvalue weighted by atomic mass is 10.2. The largest absolute Gasteiger partial charge is 0.443 e. The SMILES string of the molecule is Cc1oc2ncn(CCC(=O)NC3CCS(=O)(=O)C3)c(=O)c2c1C. The minimum Gasteiger partial charge on any atom is -0.443 e. The van der Waals surface area contributed by atoms with Crippen molar-refractivity contribution in [3.05, 3.63) is 28.0 Å². The van der Waals surface area contributed by atoms with E-state index in [0.29, 0.717) is 23.3 Å². The van der Waals surface area contributed by atoms with E-state index in [-0.39, 0.29) is 42.0 Å². The number of nitrogens with one attached hydrogen (secondary N) is 1. The second-order valence-electron chi connectivity index (χ2n) is 6.12. The summed E-state index contributed by atoms with van der Waals surface area (Å²) in [5.41, 5.74) is 0.801. The summed E-state index contributed by atoms with van der Waals surface area (Å²) in [4.78, 5) is 28.5. The van der Waals surface area contributed by atoms with Crippen LogP contribution in [0.5, 0.6) is 0 Å². The molecule has 1 N–H and O–H groups in total. The molecular formula is C15H19N3O5S. The maximum Gasteiger partial charge on any atom is 0.264 e. The summed E-state index contributed by atoms with van der Waals surface area (Å²) in [5, 5.41) is 3.13. The summed E-state index contributed by atoms with van der Waals surface area (Å²) in [7, 11) is -3.03. The van der Waals surface area contributed by atoms with Gasteiger partial charge in [0.2, 0.25) is 11.6 Å². The molecule has 130 valence electrons. The highest BCUT2D eigenvalue weighted by Gasteiger charge is 2.28.